The van der Waals surface area contributed by atoms with Crippen molar-refractivity contribution < 1.29 is 0 Å². The van der Waals surface area contributed by atoms with Gasteiger partial charge in [-0.15, -0.1) is 11.3 Å². The van der Waals surface area contributed by atoms with E-state index in [1.165, 1.54) is 11.3 Å². The Morgan fingerprint density at radius 2 is 2.11 bits per heavy atom. The van der Waals surface area contributed by atoms with Gasteiger partial charge in [-0.05, 0) is 19.1 Å². The van der Waals surface area contributed by atoms with Gasteiger partial charge in [-0.3, -0.25) is 4.79 Å². The van der Waals surface area contributed by atoms with Crippen molar-refractivity contribution in [1.29, 1.82) is 0 Å². The molecule has 1 aromatic carbocycles. The maximum atomic E-state index is 12.4. The minimum atomic E-state index is -0.133. The molecule has 0 saturated carbocycles. The van der Waals surface area contributed by atoms with Crippen molar-refractivity contribution in [2.45, 2.75) is 13.5 Å². The van der Waals surface area contributed by atoms with E-state index in [-0.39, 0.29) is 5.56 Å². The summed E-state index contributed by atoms with van der Waals surface area (Å²) in [4.78, 5) is 21.0. The summed E-state index contributed by atoms with van der Waals surface area (Å²) >= 11 is 1.31. The lowest BCUT2D eigenvalue weighted by Crippen LogP contribution is -2.23. The van der Waals surface area contributed by atoms with Gasteiger partial charge in [0.15, 0.2) is 10.8 Å². The third kappa shape index (κ3) is 1.90. The molecule has 2 heterocycles. The highest BCUT2D eigenvalue weighted by Gasteiger charge is 2.13. The fraction of sp³-hybridized carbons (Fsp3) is 0.154. The van der Waals surface area contributed by atoms with Crippen molar-refractivity contribution >= 4 is 27.5 Å². The number of aryl methyl sites for hydroxylation is 1. The van der Waals surface area contributed by atoms with Crippen molar-refractivity contribution in [2.24, 2.45) is 0 Å². The highest BCUT2D eigenvalue weighted by molar-refractivity contribution is 7.13. The molecule has 0 radical (unpaired) electrons. The molecule has 0 aliphatic rings. The summed E-state index contributed by atoms with van der Waals surface area (Å²) in [5.41, 5.74) is 8.00. The number of nitrogen functional groups attached to an aromatic ring is 1. The molecule has 0 spiro atoms. The van der Waals surface area contributed by atoms with Gasteiger partial charge >= 0.3 is 0 Å². The van der Waals surface area contributed by atoms with Crippen LogP contribution in [0.1, 0.15) is 6.92 Å². The van der Waals surface area contributed by atoms with Gasteiger partial charge in [0.05, 0.1) is 11.0 Å². The van der Waals surface area contributed by atoms with Gasteiger partial charge in [0.1, 0.15) is 5.69 Å². The largest absolute Gasteiger partial charge is 0.375 e. The summed E-state index contributed by atoms with van der Waals surface area (Å²) in [5.74, 6) is 0. The zero-order valence-corrected chi connectivity index (χ0v) is 11.1. The number of rotatable bonds is 2. The molecule has 2 N–H and O–H groups in total. The Bertz CT molecular complexity index is 806. The van der Waals surface area contributed by atoms with Crippen molar-refractivity contribution in [3.05, 3.63) is 40.0 Å². The van der Waals surface area contributed by atoms with Crippen LogP contribution in [0.25, 0.3) is 22.4 Å². The normalized spacial score (nSPS) is 11.0. The van der Waals surface area contributed by atoms with Gasteiger partial charge in [-0.2, -0.15) is 0 Å². The summed E-state index contributed by atoms with van der Waals surface area (Å²) in [7, 11) is 0. The first kappa shape index (κ1) is 11.9. The number of anilines is 1. The SMILES string of the molecule is CCn1c(=O)c(-c2csc(N)n2)nc2ccccc21. The van der Waals surface area contributed by atoms with E-state index in [4.69, 9.17) is 5.73 Å². The summed E-state index contributed by atoms with van der Waals surface area (Å²) < 4.78 is 1.70. The Kier molecular flexibility index (Phi) is 2.79. The number of thiazole rings is 1. The zero-order chi connectivity index (χ0) is 13.4. The third-order valence-corrected chi connectivity index (χ3v) is 3.61. The Morgan fingerprint density at radius 1 is 1.32 bits per heavy atom. The topological polar surface area (TPSA) is 73.8 Å². The Hall–Kier alpha value is -2.21. The first-order chi connectivity index (χ1) is 9.20. The molecule has 0 bridgehead atoms. The van der Waals surface area contributed by atoms with E-state index in [1.807, 2.05) is 31.2 Å². The second kappa shape index (κ2) is 4.47. The summed E-state index contributed by atoms with van der Waals surface area (Å²) in [6, 6.07) is 7.59. The Balaban J connectivity index is 2.38. The van der Waals surface area contributed by atoms with Crippen molar-refractivity contribution in [2.75, 3.05) is 5.73 Å². The van der Waals surface area contributed by atoms with E-state index in [0.29, 0.717) is 23.1 Å². The molecule has 0 aliphatic carbocycles. The molecule has 0 saturated heterocycles. The molecular formula is C13H12N4OS. The molecule has 0 atom stereocenters. The highest BCUT2D eigenvalue weighted by Crippen LogP contribution is 2.21. The van der Waals surface area contributed by atoms with Gasteiger partial charge in [0.25, 0.3) is 5.56 Å². The average molecular weight is 272 g/mol. The first-order valence-electron chi connectivity index (χ1n) is 5.91. The smallest absolute Gasteiger partial charge is 0.279 e. The summed E-state index contributed by atoms with van der Waals surface area (Å²) in [6.45, 7) is 2.53. The second-order valence-electron chi connectivity index (χ2n) is 4.07. The van der Waals surface area contributed by atoms with Crippen molar-refractivity contribution in [3.8, 4) is 11.4 Å². The highest BCUT2D eigenvalue weighted by atomic mass is 32.1. The van der Waals surface area contributed by atoms with Crippen LogP contribution in [0, 0.1) is 0 Å². The van der Waals surface area contributed by atoms with E-state index >= 15 is 0 Å². The van der Waals surface area contributed by atoms with Crippen LogP contribution in [-0.4, -0.2) is 14.5 Å². The Morgan fingerprint density at radius 3 is 2.79 bits per heavy atom. The number of benzene rings is 1. The minimum absolute atomic E-state index is 0.133. The third-order valence-electron chi connectivity index (χ3n) is 2.93. The molecule has 2 aromatic heterocycles. The molecule has 6 heteroatoms. The predicted molar refractivity (Wildman–Crippen MR) is 77.2 cm³/mol. The molecule has 3 rings (SSSR count). The molecule has 0 fully saturated rings. The van der Waals surface area contributed by atoms with E-state index in [2.05, 4.69) is 9.97 Å². The van der Waals surface area contributed by atoms with Crippen molar-refractivity contribution in [3.63, 3.8) is 0 Å². The van der Waals surface area contributed by atoms with Crippen LogP contribution < -0.4 is 11.3 Å². The lowest BCUT2D eigenvalue weighted by atomic mass is 10.2. The number of hydrogen-bond donors (Lipinski definition) is 1. The van der Waals surface area contributed by atoms with Crippen LogP contribution >= 0.6 is 11.3 Å². The van der Waals surface area contributed by atoms with Crippen LogP contribution in [0.4, 0.5) is 5.13 Å². The zero-order valence-electron chi connectivity index (χ0n) is 10.3. The van der Waals surface area contributed by atoms with Gasteiger partial charge in [-0.25, -0.2) is 9.97 Å². The van der Waals surface area contributed by atoms with Gasteiger partial charge in [0, 0.05) is 11.9 Å². The number of para-hydroxylation sites is 2. The van der Waals surface area contributed by atoms with E-state index in [1.54, 1.807) is 9.95 Å². The Labute approximate surface area is 113 Å². The van der Waals surface area contributed by atoms with E-state index < -0.39 is 0 Å². The maximum absolute atomic E-state index is 12.4. The molecule has 96 valence electrons. The lowest BCUT2D eigenvalue weighted by Gasteiger charge is -2.08. The fourth-order valence-electron chi connectivity index (χ4n) is 2.07. The van der Waals surface area contributed by atoms with Crippen LogP contribution in [0.3, 0.4) is 0 Å². The molecule has 5 nitrogen and oxygen atoms in total. The predicted octanol–water partition coefficient (Wildman–Crippen LogP) is 2.12. The standard InChI is InChI=1S/C13H12N4OS/c1-2-17-10-6-4-3-5-8(10)15-11(12(17)18)9-7-19-13(14)16-9/h3-7H,2H2,1H3,(H2,14,16). The van der Waals surface area contributed by atoms with Gasteiger partial charge < -0.3 is 10.3 Å². The number of nitrogens with two attached hydrogens (primary N) is 1. The quantitative estimate of drug-likeness (QED) is 0.775. The molecule has 3 aromatic rings. The molecule has 0 unspecified atom stereocenters. The monoisotopic (exact) mass is 272 g/mol. The maximum Gasteiger partial charge on any atom is 0.279 e. The van der Waals surface area contributed by atoms with Crippen molar-refractivity contribution in [1.82, 2.24) is 14.5 Å². The molecular weight excluding hydrogens is 260 g/mol. The lowest BCUT2D eigenvalue weighted by molar-refractivity contribution is 0.755. The average Bonchev–Trinajstić information content (AvgIpc) is 2.84. The summed E-state index contributed by atoms with van der Waals surface area (Å²) in [6.07, 6.45) is 0. The number of aromatic nitrogens is 3. The molecule has 19 heavy (non-hydrogen) atoms. The number of fused-ring (bicyclic) bond motifs is 1. The van der Waals surface area contributed by atoms with Crippen LogP contribution in [-0.2, 0) is 6.54 Å². The minimum Gasteiger partial charge on any atom is -0.375 e. The summed E-state index contributed by atoms with van der Waals surface area (Å²) in [5, 5.41) is 2.20. The fourth-order valence-corrected chi connectivity index (χ4v) is 2.62. The molecule has 0 amide bonds. The number of hydrogen-bond acceptors (Lipinski definition) is 5. The van der Waals surface area contributed by atoms with Gasteiger partial charge in [-0.1, -0.05) is 12.1 Å². The van der Waals surface area contributed by atoms with Crippen LogP contribution in [0.2, 0.25) is 0 Å². The van der Waals surface area contributed by atoms with Gasteiger partial charge in [0.2, 0.25) is 0 Å². The second-order valence-corrected chi connectivity index (χ2v) is 4.96. The van der Waals surface area contributed by atoms with E-state index in [0.717, 1.165) is 11.0 Å². The molecule has 0 aliphatic heterocycles. The van der Waals surface area contributed by atoms with Crippen LogP contribution in [0.15, 0.2) is 34.4 Å². The number of nitrogens with zero attached hydrogens (tertiary/aromatic N) is 3. The van der Waals surface area contributed by atoms with Crippen LogP contribution in [0.5, 0.6) is 0 Å². The first-order valence-corrected chi connectivity index (χ1v) is 6.79. The van der Waals surface area contributed by atoms with E-state index in [9.17, 15) is 4.79 Å².